The molecule has 4 aromatic rings. The van der Waals surface area contributed by atoms with Crippen molar-refractivity contribution in [2.75, 3.05) is 21.9 Å². The maximum atomic E-state index is 6.21. The highest BCUT2D eigenvalue weighted by Crippen LogP contribution is 2.32. The quantitative estimate of drug-likeness (QED) is 0.395. The number of aryl methyl sites for hydroxylation is 1. The fraction of sp³-hybridized carbons (Fsp3) is 0.0556. The summed E-state index contributed by atoms with van der Waals surface area (Å²) < 4.78 is 1.12. The summed E-state index contributed by atoms with van der Waals surface area (Å²) in [6, 6.07) is 15.8. The Bertz CT molecular complexity index is 1050. The minimum atomic E-state index is 0.409. The predicted octanol–water partition coefficient (Wildman–Crippen LogP) is 4.16. The summed E-state index contributed by atoms with van der Waals surface area (Å²) in [4.78, 5) is 13.0. The van der Waals surface area contributed by atoms with E-state index in [9.17, 15) is 0 Å². The molecule has 0 unspecified atom stereocenters. The summed E-state index contributed by atoms with van der Waals surface area (Å²) in [6.45, 7) is 2.04. The number of rotatable bonds is 5. The van der Waals surface area contributed by atoms with Crippen molar-refractivity contribution in [2.24, 2.45) is 0 Å². The number of fused-ring (bicyclic) bond motifs is 1. The van der Waals surface area contributed by atoms with Gasteiger partial charge in [0.25, 0.3) is 0 Å². The zero-order chi connectivity index (χ0) is 17.9. The maximum absolute atomic E-state index is 6.21. The highest BCUT2D eigenvalue weighted by Gasteiger charge is 2.11. The molecule has 0 fully saturated rings. The summed E-state index contributed by atoms with van der Waals surface area (Å²) in [7, 11) is 0. The second-order valence-corrected chi connectivity index (χ2v) is 6.70. The molecule has 4 rings (SSSR count). The lowest BCUT2D eigenvalue weighted by Gasteiger charge is -2.12. The van der Waals surface area contributed by atoms with Crippen LogP contribution in [0.25, 0.3) is 10.2 Å². The number of aromatic nitrogens is 3. The van der Waals surface area contributed by atoms with Crippen LogP contribution in [0.2, 0.25) is 0 Å². The van der Waals surface area contributed by atoms with Gasteiger partial charge in [-0.15, -0.1) is 0 Å². The standard InChI is InChI=1S/C18H17N7S/c1-11-6-5-9-13-15(11)22-18(26-13)23-16-14(19)17(21-10-20-16)25-24-12-7-3-2-4-8-12/h2-10,24H,19H2,1H3,(H2,20,21,22,23,25). The number of benzene rings is 2. The number of para-hydroxylation sites is 2. The average molecular weight is 363 g/mol. The van der Waals surface area contributed by atoms with E-state index >= 15 is 0 Å². The van der Waals surface area contributed by atoms with Gasteiger partial charge in [0, 0.05) is 0 Å². The second kappa shape index (κ2) is 6.85. The largest absolute Gasteiger partial charge is 0.393 e. The van der Waals surface area contributed by atoms with E-state index in [0.29, 0.717) is 17.3 Å². The van der Waals surface area contributed by atoms with Crippen LogP contribution in [-0.2, 0) is 0 Å². The molecule has 0 amide bonds. The van der Waals surface area contributed by atoms with Crippen molar-refractivity contribution in [1.29, 1.82) is 0 Å². The van der Waals surface area contributed by atoms with Gasteiger partial charge in [-0.25, -0.2) is 15.0 Å². The molecule has 0 radical (unpaired) electrons. The van der Waals surface area contributed by atoms with E-state index in [1.165, 1.54) is 6.33 Å². The van der Waals surface area contributed by atoms with E-state index in [-0.39, 0.29) is 0 Å². The van der Waals surface area contributed by atoms with Crippen LogP contribution < -0.4 is 21.9 Å². The Balaban J connectivity index is 1.55. The van der Waals surface area contributed by atoms with Gasteiger partial charge in [0.05, 0.1) is 15.9 Å². The molecule has 5 N–H and O–H groups in total. The summed E-state index contributed by atoms with van der Waals surface area (Å²) >= 11 is 1.56. The van der Waals surface area contributed by atoms with Crippen molar-refractivity contribution in [3.8, 4) is 0 Å². The van der Waals surface area contributed by atoms with E-state index in [2.05, 4.69) is 31.1 Å². The van der Waals surface area contributed by atoms with Crippen LogP contribution in [0.1, 0.15) is 5.56 Å². The van der Waals surface area contributed by atoms with Crippen molar-refractivity contribution in [3.63, 3.8) is 0 Å². The van der Waals surface area contributed by atoms with Gasteiger partial charge in [0.2, 0.25) is 0 Å². The number of nitrogen functional groups attached to an aromatic ring is 1. The first-order valence-corrected chi connectivity index (χ1v) is 8.83. The second-order valence-electron chi connectivity index (χ2n) is 5.67. The summed E-state index contributed by atoms with van der Waals surface area (Å²) in [5.74, 6) is 0.998. The van der Waals surface area contributed by atoms with Crippen molar-refractivity contribution >= 4 is 49.7 Å². The average Bonchev–Trinajstić information content (AvgIpc) is 3.07. The third-order valence-electron chi connectivity index (χ3n) is 3.83. The zero-order valence-electron chi connectivity index (χ0n) is 14.0. The van der Waals surface area contributed by atoms with Gasteiger partial charge >= 0.3 is 0 Å². The summed E-state index contributed by atoms with van der Waals surface area (Å²) in [6.07, 6.45) is 1.45. The van der Waals surface area contributed by atoms with Crippen molar-refractivity contribution in [3.05, 3.63) is 60.4 Å². The molecule has 26 heavy (non-hydrogen) atoms. The maximum Gasteiger partial charge on any atom is 0.189 e. The molecule has 0 aliphatic rings. The fourth-order valence-electron chi connectivity index (χ4n) is 2.49. The summed E-state index contributed by atoms with van der Waals surface area (Å²) in [5, 5.41) is 3.93. The molecule has 0 saturated heterocycles. The number of nitrogens with two attached hydrogens (primary N) is 1. The lowest BCUT2D eigenvalue weighted by atomic mass is 10.2. The number of hydrazine groups is 1. The summed E-state index contributed by atoms with van der Waals surface area (Å²) in [5.41, 5.74) is 15.7. The topological polar surface area (TPSA) is 101 Å². The normalized spacial score (nSPS) is 10.7. The Morgan fingerprint density at radius 1 is 0.923 bits per heavy atom. The zero-order valence-corrected chi connectivity index (χ0v) is 14.8. The van der Waals surface area contributed by atoms with E-state index in [1.54, 1.807) is 11.3 Å². The third-order valence-corrected chi connectivity index (χ3v) is 4.77. The van der Waals surface area contributed by atoms with Crippen LogP contribution in [0.15, 0.2) is 54.9 Å². The number of hydrogen-bond acceptors (Lipinski definition) is 8. The monoisotopic (exact) mass is 363 g/mol. The number of hydrogen-bond donors (Lipinski definition) is 4. The SMILES string of the molecule is Cc1cccc2sc(Nc3ncnc(NNc4ccccc4)c3N)nc12. The molecule has 130 valence electrons. The molecule has 0 spiro atoms. The first-order chi connectivity index (χ1) is 12.7. The van der Waals surface area contributed by atoms with Gasteiger partial charge in [-0.3, -0.25) is 10.9 Å². The van der Waals surface area contributed by atoms with E-state index in [0.717, 1.165) is 26.6 Å². The molecular formula is C18H17N7S. The minimum Gasteiger partial charge on any atom is -0.393 e. The van der Waals surface area contributed by atoms with E-state index in [4.69, 9.17) is 5.73 Å². The number of nitrogens with zero attached hydrogens (tertiary/aromatic N) is 3. The first-order valence-electron chi connectivity index (χ1n) is 8.01. The molecule has 0 aliphatic heterocycles. The molecule has 2 aromatic heterocycles. The molecule has 7 nitrogen and oxygen atoms in total. The fourth-order valence-corrected chi connectivity index (χ4v) is 3.43. The van der Waals surface area contributed by atoms with Crippen LogP contribution in [-0.4, -0.2) is 15.0 Å². The van der Waals surface area contributed by atoms with Crippen LogP contribution >= 0.6 is 11.3 Å². The van der Waals surface area contributed by atoms with Gasteiger partial charge in [-0.2, -0.15) is 0 Å². The third kappa shape index (κ3) is 3.22. The van der Waals surface area contributed by atoms with Gasteiger partial charge < -0.3 is 11.1 Å². The van der Waals surface area contributed by atoms with Gasteiger partial charge in [-0.1, -0.05) is 41.7 Å². The molecule has 2 heterocycles. The van der Waals surface area contributed by atoms with Crippen molar-refractivity contribution in [1.82, 2.24) is 15.0 Å². The molecule has 0 atom stereocenters. The van der Waals surface area contributed by atoms with Gasteiger partial charge in [0.15, 0.2) is 16.8 Å². The molecular weight excluding hydrogens is 346 g/mol. The Labute approximate surface area is 154 Å². The van der Waals surface area contributed by atoms with Crippen LogP contribution in [0, 0.1) is 6.92 Å². The highest BCUT2D eigenvalue weighted by molar-refractivity contribution is 7.22. The Morgan fingerprint density at radius 3 is 2.54 bits per heavy atom. The Kier molecular flexibility index (Phi) is 4.24. The molecule has 2 aromatic carbocycles. The van der Waals surface area contributed by atoms with Gasteiger partial charge in [0.1, 0.15) is 12.0 Å². The number of nitrogens with one attached hydrogen (secondary N) is 3. The van der Waals surface area contributed by atoms with Gasteiger partial charge in [-0.05, 0) is 30.7 Å². The predicted molar refractivity (Wildman–Crippen MR) is 108 cm³/mol. The lowest BCUT2D eigenvalue weighted by molar-refractivity contribution is 1.16. The smallest absolute Gasteiger partial charge is 0.189 e. The van der Waals surface area contributed by atoms with Crippen LogP contribution in [0.5, 0.6) is 0 Å². The molecule has 0 aliphatic carbocycles. The molecule has 0 bridgehead atoms. The molecule has 0 saturated carbocycles. The molecule has 8 heteroatoms. The number of anilines is 5. The highest BCUT2D eigenvalue weighted by atomic mass is 32.1. The van der Waals surface area contributed by atoms with Crippen molar-refractivity contribution in [2.45, 2.75) is 6.92 Å². The Hall–Kier alpha value is -3.39. The lowest BCUT2D eigenvalue weighted by Crippen LogP contribution is -2.13. The van der Waals surface area contributed by atoms with Crippen LogP contribution in [0.4, 0.5) is 28.1 Å². The van der Waals surface area contributed by atoms with E-state index < -0.39 is 0 Å². The number of thiazole rings is 1. The van der Waals surface area contributed by atoms with Crippen LogP contribution in [0.3, 0.4) is 0 Å². The first kappa shape index (κ1) is 16.1. The Morgan fingerprint density at radius 2 is 1.73 bits per heavy atom. The van der Waals surface area contributed by atoms with Crippen molar-refractivity contribution < 1.29 is 0 Å². The minimum absolute atomic E-state index is 0.409. The van der Waals surface area contributed by atoms with E-state index in [1.807, 2.05) is 55.5 Å².